The third-order valence-electron chi connectivity index (χ3n) is 8.32. The summed E-state index contributed by atoms with van der Waals surface area (Å²) in [4.78, 5) is 43.1. The topological polar surface area (TPSA) is 66.5 Å². The Morgan fingerprint density at radius 2 is 1.11 bits per heavy atom. The Morgan fingerprint density at radius 3 is 1.61 bits per heavy atom. The molecule has 1 N–H and O–H groups in total. The fourth-order valence-corrected chi connectivity index (χ4v) is 7.02. The molecule has 2 bridgehead atoms. The maximum atomic E-state index is 14.2. The average Bonchev–Trinajstić information content (AvgIpc) is 3.18. The molecule has 2 atom stereocenters. The van der Waals surface area contributed by atoms with Crippen molar-refractivity contribution >= 4 is 29.1 Å². The molecule has 4 aromatic rings. The molecule has 1 heterocycles. The fraction of sp³-hybridized carbons (Fsp3) is 0.182. The van der Waals surface area contributed by atoms with E-state index in [1.54, 1.807) is 24.3 Å². The van der Waals surface area contributed by atoms with Crippen LogP contribution in [0.5, 0.6) is 0 Å². The van der Waals surface area contributed by atoms with Crippen LogP contribution in [0.25, 0.3) is 0 Å². The van der Waals surface area contributed by atoms with E-state index < -0.39 is 11.8 Å². The van der Waals surface area contributed by atoms with Gasteiger partial charge >= 0.3 is 0 Å². The van der Waals surface area contributed by atoms with Crippen molar-refractivity contribution in [3.63, 3.8) is 0 Å². The van der Waals surface area contributed by atoms with Crippen LogP contribution < -0.4 is 10.2 Å². The summed E-state index contributed by atoms with van der Waals surface area (Å²) in [5, 5.41) is 2.97. The molecule has 4 aromatic carbocycles. The number of aryl methyl sites for hydroxylation is 2. The van der Waals surface area contributed by atoms with E-state index in [9.17, 15) is 14.4 Å². The summed E-state index contributed by atoms with van der Waals surface area (Å²) < 4.78 is 0. The number of benzene rings is 4. The van der Waals surface area contributed by atoms with Crippen LogP contribution in [0, 0.1) is 25.7 Å². The number of carbonyl (C=O) groups is 3. The normalized spacial score (nSPS) is 22.6. The van der Waals surface area contributed by atoms with Crippen LogP contribution in [-0.2, 0) is 9.59 Å². The predicted molar refractivity (Wildman–Crippen MR) is 146 cm³/mol. The van der Waals surface area contributed by atoms with Gasteiger partial charge in [0.1, 0.15) is 0 Å². The lowest BCUT2D eigenvalue weighted by Crippen LogP contribution is -2.41. The second-order valence-electron chi connectivity index (χ2n) is 10.6. The zero-order valence-electron chi connectivity index (χ0n) is 21.1. The minimum Gasteiger partial charge on any atom is -0.322 e. The average molecular weight is 499 g/mol. The number of nitrogens with zero attached hydrogens (tertiary/aromatic N) is 1. The fourth-order valence-electron chi connectivity index (χ4n) is 7.02. The standard InChI is InChI=1S/C33H26N2O3/c1-18-15-19(2)17-20(16-18)34-31(36)25-13-7-8-14-26(25)35-32(37)29-27-21-9-3-4-10-22(21)28(30(29)33(35)38)24-12-6-5-11-23(24)27/h3-17,27-30H,1-2H3,(H,34,36)/t27?,28?,29-,30-/m1/s1. The van der Waals surface area contributed by atoms with Crippen molar-refractivity contribution in [3.05, 3.63) is 130 Å². The van der Waals surface area contributed by atoms with E-state index in [-0.39, 0.29) is 29.6 Å². The smallest absolute Gasteiger partial charge is 0.257 e. The lowest BCUT2D eigenvalue weighted by molar-refractivity contribution is -0.122. The molecule has 0 unspecified atom stereocenters. The highest BCUT2D eigenvalue weighted by molar-refractivity contribution is 6.26. The largest absolute Gasteiger partial charge is 0.322 e. The maximum absolute atomic E-state index is 14.2. The van der Waals surface area contributed by atoms with Crippen LogP contribution in [0.3, 0.4) is 0 Å². The molecule has 3 amide bonds. The van der Waals surface area contributed by atoms with E-state index in [0.29, 0.717) is 16.9 Å². The molecule has 38 heavy (non-hydrogen) atoms. The number of hydrogen-bond acceptors (Lipinski definition) is 3. The highest BCUT2D eigenvalue weighted by Crippen LogP contribution is 2.61. The van der Waals surface area contributed by atoms with Crippen molar-refractivity contribution in [1.29, 1.82) is 0 Å². The quantitative estimate of drug-likeness (QED) is 0.355. The first-order valence-corrected chi connectivity index (χ1v) is 13.0. The molecular formula is C33H26N2O3. The van der Waals surface area contributed by atoms with Gasteiger partial charge in [-0.15, -0.1) is 0 Å². The summed E-state index contributed by atoms with van der Waals surface area (Å²) in [6, 6.07) is 29.1. The molecule has 5 heteroatoms. The van der Waals surface area contributed by atoms with Crippen molar-refractivity contribution in [3.8, 4) is 0 Å². The Morgan fingerprint density at radius 1 is 0.658 bits per heavy atom. The molecule has 3 aliphatic carbocycles. The van der Waals surface area contributed by atoms with Crippen molar-refractivity contribution in [2.24, 2.45) is 11.8 Å². The Labute approximate surface area is 221 Å². The Balaban J connectivity index is 1.31. The molecular weight excluding hydrogens is 472 g/mol. The number of nitrogens with one attached hydrogen (secondary N) is 1. The number of rotatable bonds is 3. The number of imide groups is 1. The van der Waals surface area contributed by atoms with E-state index in [1.807, 2.05) is 56.3 Å². The van der Waals surface area contributed by atoms with Gasteiger partial charge in [-0.25, -0.2) is 4.90 Å². The molecule has 1 aliphatic heterocycles. The van der Waals surface area contributed by atoms with Gasteiger partial charge in [-0.1, -0.05) is 66.7 Å². The monoisotopic (exact) mass is 498 g/mol. The minimum atomic E-state index is -0.493. The van der Waals surface area contributed by atoms with Gasteiger partial charge in [0, 0.05) is 17.5 Å². The summed E-state index contributed by atoms with van der Waals surface area (Å²) in [6.07, 6.45) is 0. The molecule has 5 nitrogen and oxygen atoms in total. The molecule has 4 aliphatic rings. The van der Waals surface area contributed by atoms with Crippen molar-refractivity contribution < 1.29 is 14.4 Å². The van der Waals surface area contributed by atoms with Crippen LogP contribution in [0.2, 0.25) is 0 Å². The molecule has 186 valence electrons. The first kappa shape index (κ1) is 22.7. The van der Waals surface area contributed by atoms with Crippen molar-refractivity contribution in [2.45, 2.75) is 25.7 Å². The predicted octanol–water partition coefficient (Wildman–Crippen LogP) is 5.95. The highest BCUT2D eigenvalue weighted by Gasteiger charge is 2.62. The van der Waals surface area contributed by atoms with Crippen LogP contribution in [0.4, 0.5) is 11.4 Å². The maximum Gasteiger partial charge on any atom is 0.257 e. The van der Waals surface area contributed by atoms with Gasteiger partial charge in [0.05, 0.1) is 23.1 Å². The Bertz CT molecular complexity index is 1540. The number of para-hydroxylation sites is 1. The molecule has 0 aromatic heterocycles. The molecule has 8 rings (SSSR count). The molecule has 1 saturated heterocycles. The van der Waals surface area contributed by atoms with Gasteiger partial charge in [0.15, 0.2) is 0 Å². The van der Waals surface area contributed by atoms with Gasteiger partial charge in [0.25, 0.3) is 5.91 Å². The summed E-state index contributed by atoms with van der Waals surface area (Å²) in [5.74, 6) is -2.17. The minimum absolute atomic E-state index is 0.185. The third-order valence-corrected chi connectivity index (χ3v) is 8.32. The molecule has 0 saturated carbocycles. The second-order valence-corrected chi connectivity index (χ2v) is 10.6. The number of carbonyl (C=O) groups excluding carboxylic acids is 3. The van der Waals surface area contributed by atoms with Gasteiger partial charge < -0.3 is 5.32 Å². The van der Waals surface area contributed by atoms with E-state index in [0.717, 1.165) is 33.4 Å². The van der Waals surface area contributed by atoms with Gasteiger partial charge in [-0.2, -0.15) is 0 Å². The van der Waals surface area contributed by atoms with E-state index in [1.165, 1.54) is 4.90 Å². The molecule has 0 radical (unpaired) electrons. The highest BCUT2D eigenvalue weighted by atomic mass is 16.2. The van der Waals surface area contributed by atoms with Gasteiger partial charge in [0.2, 0.25) is 11.8 Å². The molecule has 0 spiro atoms. The lowest BCUT2D eigenvalue weighted by atomic mass is 9.55. The van der Waals surface area contributed by atoms with Crippen molar-refractivity contribution in [2.75, 3.05) is 10.2 Å². The zero-order chi connectivity index (χ0) is 26.1. The van der Waals surface area contributed by atoms with Gasteiger partial charge in [-0.05, 0) is 71.5 Å². The summed E-state index contributed by atoms with van der Waals surface area (Å²) in [5.41, 5.74) is 7.90. The Kier molecular flexibility index (Phi) is 4.92. The van der Waals surface area contributed by atoms with Crippen LogP contribution in [-0.4, -0.2) is 17.7 Å². The summed E-state index contributed by atoms with van der Waals surface area (Å²) in [6.45, 7) is 3.95. The Hall–Kier alpha value is -4.51. The van der Waals surface area contributed by atoms with Crippen LogP contribution >= 0.6 is 0 Å². The van der Waals surface area contributed by atoms with E-state index in [2.05, 4.69) is 29.6 Å². The summed E-state index contributed by atoms with van der Waals surface area (Å²) >= 11 is 0. The number of hydrogen-bond donors (Lipinski definition) is 1. The zero-order valence-corrected chi connectivity index (χ0v) is 21.1. The first-order valence-electron chi connectivity index (χ1n) is 13.0. The lowest BCUT2D eigenvalue weighted by Gasteiger charge is -2.45. The van der Waals surface area contributed by atoms with Gasteiger partial charge in [-0.3, -0.25) is 14.4 Å². The second kappa shape index (κ2) is 8.25. The summed E-state index contributed by atoms with van der Waals surface area (Å²) in [7, 11) is 0. The van der Waals surface area contributed by atoms with Crippen LogP contribution in [0.15, 0.2) is 91.0 Å². The van der Waals surface area contributed by atoms with Crippen LogP contribution in [0.1, 0.15) is 55.6 Å². The van der Waals surface area contributed by atoms with E-state index in [4.69, 9.17) is 0 Å². The van der Waals surface area contributed by atoms with E-state index >= 15 is 0 Å². The third kappa shape index (κ3) is 3.14. The number of amides is 3. The number of anilines is 2. The molecule has 1 fully saturated rings. The first-order chi connectivity index (χ1) is 18.4. The van der Waals surface area contributed by atoms with Crippen molar-refractivity contribution in [1.82, 2.24) is 0 Å². The SMILES string of the molecule is Cc1cc(C)cc(NC(=O)c2ccccc2N2C(=O)[C@@H]3C4c5ccccc5C(c5ccccc54)[C@H]3C2=O)c1.